The summed E-state index contributed by atoms with van der Waals surface area (Å²) in [5, 5.41) is 3.66. The minimum Gasteiger partial charge on any atom is -0.313 e. The first-order valence-corrected chi connectivity index (χ1v) is 7.16. The van der Waals surface area contributed by atoms with Crippen molar-refractivity contribution in [1.82, 2.24) is 10.2 Å². The highest BCUT2D eigenvalue weighted by Crippen LogP contribution is 2.25. The van der Waals surface area contributed by atoms with E-state index >= 15 is 0 Å². The van der Waals surface area contributed by atoms with Gasteiger partial charge >= 0.3 is 0 Å². The van der Waals surface area contributed by atoms with Crippen molar-refractivity contribution in [3.63, 3.8) is 0 Å². The van der Waals surface area contributed by atoms with Crippen LogP contribution in [0.15, 0.2) is 0 Å². The lowest BCUT2D eigenvalue weighted by atomic mass is 9.94. The molecule has 1 aliphatic heterocycles. The molecule has 0 bridgehead atoms. The third-order valence-electron chi connectivity index (χ3n) is 4.33. The van der Waals surface area contributed by atoms with Crippen LogP contribution in [0.4, 0.5) is 0 Å². The van der Waals surface area contributed by atoms with Crippen molar-refractivity contribution in [2.45, 2.75) is 51.5 Å². The van der Waals surface area contributed by atoms with E-state index in [2.05, 4.69) is 24.2 Å². The second kappa shape index (κ2) is 6.02. The third-order valence-corrected chi connectivity index (χ3v) is 4.33. The molecule has 2 nitrogen and oxygen atoms in total. The molecule has 2 unspecified atom stereocenters. The van der Waals surface area contributed by atoms with Crippen LogP contribution < -0.4 is 5.32 Å². The van der Waals surface area contributed by atoms with Gasteiger partial charge in [-0.2, -0.15) is 0 Å². The van der Waals surface area contributed by atoms with Gasteiger partial charge in [0.1, 0.15) is 0 Å². The number of nitrogens with one attached hydrogen (secondary N) is 1. The molecule has 2 atom stereocenters. The molecule has 0 aromatic heterocycles. The summed E-state index contributed by atoms with van der Waals surface area (Å²) in [6, 6.07) is 0.746. The summed E-state index contributed by atoms with van der Waals surface area (Å²) in [4.78, 5) is 2.56. The fourth-order valence-corrected chi connectivity index (χ4v) is 3.44. The smallest absolute Gasteiger partial charge is 0.0197 e. The van der Waals surface area contributed by atoms with Gasteiger partial charge in [0.2, 0.25) is 0 Å². The van der Waals surface area contributed by atoms with Crippen molar-refractivity contribution in [2.75, 3.05) is 26.7 Å². The number of rotatable bonds is 4. The van der Waals surface area contributed by atoms with Gasteiger partial charge in [-0.05, 0) is 51.1 Å². The molecule has 0 amide bonds. The second-order valence-corrected chi connectivity index (χ2v) is 6.15. The van der Waals surface area contributed by atoms with Gasteiger partial charge in [-0.1, -0.05) is 19.8 Å². The van der Waals surface area contributed by atoms with Crippen LogP contribution in [0, 0.1) is 11.8 Å². The van der Waals surface area contributed by atoms with E-state index in [1.165, 1.54) is 58.2 Å². The molecule has 0 spiro atoms. The Kier molecular flexibility index (Phi) is 4.66. The predicted molar refractivity (Wildman–Crippen MR) is 69.6 cm³/mol. The van der Waals surface area contributed by atoms with E-state index in [1.54, 1.807) is 0 Å². The van der Waals surface area contributed by atoms with Gasteiger partial charge in [0.05, 0.1) is 0 Å². The van der Waals surface area contributed by atoms with Crippen molar-refractivity contribution in [3.8, 4) is 0 Å². The molecule has 2 aliphatic rings. The van der Waals surface area contributed by atoms with Crippen LogP contribution in [0.25, 0.3) is 0 Å². The minimum atomic E-state index is 0.746. The zero-order valence-electron chi connectivity index (χ0n) is 11.0. The van der Waals surface area contributed by atoms with E-state index in [4.69, 9.17) is 0 Å². The highest BCUT2D eigenvalue weighted by Gasteiger charge is 2.21. The Morgan fingerprint density at radius 3 is 2.56 bits per heavy atom. The second-order valence-electron chi connectivity index (χ2n) is 6.15. The van der Waals surface area contributed by atoms with E-state index < -0.39 is 0 Å². The van der Waals surface area contributed by atoms with Crippen LogP contribution in [-0.4, -0.2) is 37.6 Å². The van der Waals surface area contributed by atoms with Crippen molar-refractivity contribution in [2.24, 2.45) is 11.8 Å². The van der Waals surface area contributed by atoms with Gasteiger partial charge in [0, 0.05) is 19.1 Å². The standard InChI is InChI=1S/C14H28N2/c1-12-7-8-15-14(9-12)11-16(2)10-13-5-3-4-6-13/h12-15H,3-11H2,1-2H3. The molecule has 0 aromatic carbocycles. The highest BCUT2D eigenvalue weighted by molar-refractivity contribution is 4.79. The van der Waals surface area contributed by atoms with Crippen molar-refractivity contribution < 1.29 is 0 Å². The van der Waals surface area contributed by atoms with Crippen molar-refractivity contribution in [3.05, 3.63) is 0 Å². The summed E-state index contributed by atoms with van der Waals surface area (Å²) in [5.74, 6) is 1.91. The van der Waals surface area contributed by atoms with Crippen molar-refractivity contribution in [1.29, 1.82) is 0 Å². The lowest BCUT2D eigenvalue weighted by Crippen LogP contribution is -2.45. The van der Waals surface area contributed by atoms with Crippen LogP contribution in [0.2, 0.25) is 0 Å². The summed E-state index contributed by atoms with van der Waals surface area (Å²) in [7, 11) is 2.30. The molecule has 1 saturated heterocycles. The van der Waals surface area contributed by atoms with E-state index in [1.807, 2.05) is 0 Å². The van der Waals surface area contributed by atoms with Crippen molar-refractivity contribution >= 4 is 0 Å². The largest absolute Gasteiger partial charge is 0.313 e. The topological polar surface area (TPSA) is 15.3 Å². The van der Waals surface area contributed by atoms with E-state index in [0.717, 1.165) is 17.9 Å². The number of likely N-dealkylation sites (N-methyl/N-ethyl adjacent to an activating group) is 1. The number of hydrogen-bond donors (Lipinski definition) is 1. The van der Waals surface area contributed by atoms with Gasteiger partial charge in [-0.25, -0.2) is 0 Å². The Hall–Kier alpha value is -0.0800. The maximum absolute atomic E-state index is 3.66. The van der Waals surface area contributed by atoms with Crippen LogP contribution in [0.5, 0.6) is 0 Å². The first-order valence-electron chi connectivity index (χ1n) is 7.16. The Labute approximate surface area is 101 Å². The molecule has 0 aromatic rings. The van der Waals surface area contributed by atoms with Gasteiger partial charge in [-0.15, -0.1) is 0 Å². The zero-order chi connectivity index (χ0) is 11.4. The predicted octanol–water partition coefficient (Wildman–Crippen LogP) is 2.50. The maximum atomic E-state index is 3.66. The molecule has 2 fully saturated rings. The van der Waals surface area contributed by atoms with Crippen LogP contribution in [0.1, 0.15) is 45.4 Å². The monoisotopic (exact) mass is 224 g/mol. The van der Waals surface area contributed by atoms with Crippen LogP contribution in [-0.2, 0) is 0 Å². The minimum absolute atomic E-state index is 0.746. The molecule has 1 aliphatic carbocycles. The maximum Gasteiger partial charge on any atom is 0.0197 e. The van der Waals surface area contributed by atoms with Gasteiger partial charge in [0.15, 0.2) is 0 Å². The van der Waals surface area contributed by atoms with Gasteiger partial charge in [-0.3, -0.25) is 0 Å². The number of nitrogens with zero attached hydrogens (tertiary/aromatic N) is 1. The molecule has 0 radical (unpaired) electrons. The SMILES string of the molecule is CC1CCNC(CN(C)CC2CCCC2)C1. The number of hydrogen-bond acceptors (Lipinski definition) is 2. The molecule has 16 heavy (non-hydrogen) atoms. The fraction of sp³-hybridized carbons (Fsp3) is 1.00. The lowest BCUT2D eigenvalue weighted by Gasteiger charge is -2.32. The Bertz CT molecular complexity index is 199. The van der Waals surface area contributed by atoms with Crippen LogP contribution in [0.3, 0.4) is 0 Å². The lowest BCUT2D eigenvalue weighted by molar-refractivity contribution is 0.213. The molecular weight excluding hydrogens is 196 g/mol. The highest BCUT2D eigenvalue weighted by atomic mass is 15.1. The molecule has 2 rings (SSSR count). The first kappa shape index (κ1) is 12.4. The third kappa shape index (κ3) is 3.74. The molecule has 2 heteroatoms. The summed E-state index contributed by atoms with van der Waals surface area (Å²) >= 11 is 0. The molecule has 1 N–H and O–H groups in total. The molecule has 94 valence electrons. The van der Waals surface area contributed by atoms with Gasteiger partial charge < -0.3 is 10.2 Å². The molecular formula is C14H28N2. The van der Waals surface area contributed by atoms with E-state index in [-0.39, 0.29) is 0 Å². The molecule has 1 saturated carbocycles. The molecule has 1 heterocycles. The first-order chi connectivity index (χ1) is 7.74. The zero-order valence-corrected chi connectivity index (χ0v) is 11.0. The number of piperidine rings is 1. The summed E-state index contributed by atoms with van der Waals surface area (Å²) < 4.78 is 0. The van der Waals surface area contributed by atoms with E-state index in [9.17, 15) is 0 Å². The average Bonchev–Trinajstić information content (AvgIpc) is 2.70. The normalized spacial score (nSPS) is 32.4. The fourth-order valence-electron chi connectivity index (χ4n) is 3.44. The summed E-state index contributed by atoms with van der Waals surface area (Å²) in [6.07, 6.45) is 8.62. The Morgan fingerprint density at radius 2 is 1.88 bits per heavy atom. The quantitative estimate of drug-likeness (QED) is 0.789. The Morgan fingerprint density at radius 1 is 1.12 bits per heavy atom. The summed E-state index contributed by atoms with van der Waals surface area (Å²) in [6.45, 7) is 6.20. The van der Waals surface area contributed by atoms with E-state index in [0.29, 0.717) is 0 Å². The average molecular weight is 224 g/mol. The summed E-state index contributed by atoms with van der Waals surface area (Å²) in [5.41, 5.74) is 0. The van der Waals surface area contributed by atoms with Gasteiger partial charge in [0.25, 0.3) is 0 Å². The van der Waals surface area contributed by atoms with Crippen LogP contribution >= 0.6 is 0 Å². The Balaban J connectivity index is 1.67.